The molecule has 0 radical (unpaired) electrons. The van der Waals surface area contributed by atoms with Crippen molar-refractivity contribution in [2.45, 2.75) is 13.3 Å². The van der Waals surface area contributed by atoms with E-state index in [9.17, 15) is 23.7 Å². The third-order valence-electron chi connectivity index (χ3n) is 3.09. The molecule has 0 saturated heterocycles. The van der Waals surface area contributed by atoms with Gasteiger partial charge in [0.15, 0.2) is 5.78 Å². The van der Waals surface area contributed by atoms with Gasteiger partial charge in [0.1, 0.15) is 11.6 Å². The van der Waals surface area contributed by atoms with Crippen LogP contribution in [0.2, 0.25) is 0 Å². The maximum Gasteiger partial charge on any atom is 0.269 e. The van der Waals surface area contributed by atoms with E-state index >= 15 is 0 Å². The maximum absolute atomic E-state index is 13.5. The summed E-state index contributed by atoms with van der Waals surface area (Å²) in [6.45, 7) is 1.57. The van der Waals surface area contributed by atoms with Gasteiger partial charge in [0.2, 0.25) is 0 Å². The molecule has 0 aliphatic heterocycles. The molecule has 0 saturated carbocycles. The van der Waals surface area contributed by atoms with Crippen molar-refractivity contribution in [1.82, 2.24) is 0 Å². The third kappa shape index (κ3) is 3.28. The minimum atomic E-state index is -0.789. The van der Waals surface area contributed by atoms with Gasteiger partial charge in [-0.2, -0.15) is 0 Å². The third-order valence-corrected chi connectivity index (χ3v) is 3.09. The van der Waals surface area contributed by atoms with Crippen molar-refractivity contribution in [2.75, 3.05) is 0 Å². The first kappa shape index (κ1) is 14.8. The van der Waals surface area contributed by atoms with Gasteiger partial charge in [0.05, 0.1) is 4.92 Å². The standard InChI is InChI=1S/C15H11F2NO3/c1-9-6-12(18(20)21)4-5-13(9)15(19)7-10-2-3-11(16)8-14(10)17/h2-6,8H,7H2,1H3. The van der Waals surface area contributed by atoms with Gasteiger partial charge in [-0.15, -0.1) is 0 Å². The van der Waals surface area contributed by atoms with E-state index in [2.05, 4.69) is 0 Å². The van der Waals surface area contributed by atoms with Gasteiger partial charge in [-0.1, -0.05) is 6.07 Å². The molecule has 108 valence electrons. The first-order valence-corrected chi connectivity index (χ1v) is 6.10. The van der Waals surface area contributed by atoms with Gasteiger partial charge in [-0.05, 0) is 30.2 Å². The second-order valence-corrected chi connectivity index (χ2v) is 4.59. The van der Waals surface area contributed by atoms with Gasteiger partial charge >= 0.3 is 0 Å². The zero-order valence-electron chi connectivity index (χ0n) is 11.1. The largest absolute Gasteiger partial charge is 0.294 e. The molecule has 0 fully saturated rings. The number of nitrogens with zero attached hydrogens (tertiary/aromatic N) is 1. The number of hydrogen-bond donors (Lipinski definition) is 0. The normalized spacial score (nSPS) is 10.4. The first-order chi connectivity index (χ1) is 9.88. The quantitative estimate of drug-likeness (QED) is 0.491. The maximum atomic E-state index is 13.5. The molecule has 2 rings (SSSR count). The Morgan fingerprint density at radius 2 is 1.90 bits per heavy atom. The Kier molecular flexibility index (Phi) is 4.07. The lowest BCUT2D eigenvalue weighted by atomic mass is 9.98. The highest BCUT2D eigenvalue weighted by atomic mass is 19.1. The number of ketones is 1. The van der Waals surface area contributed by atoms with Crippen LogP contribution in [-0.2, 0) is 6.42 Å². The highest BCUT2D eigenvalue weighted by molar-refractivity contribution is 5.99. The summed E-state index contributed by atoms with van der Waals surface area (Å²) in [4.78, 5) is 22.2. The number of Topliss-reactive ketones (excluding diaryl/α,β-unsaturated/α-hetero) is 1. The van der Waals surface area contributed by atoms with Gasteiger partial charge in [0.25, 0.3) is 5.69 Å². The predicted octanol–water partition coefficient (Wildman–Crippen LogP) is 3.61. The zero-order valence-corrected chi connectivity index (χ0v) is 11.1. The fourth-order valence-electron chi connectivity index (χ4n) is 2.01. The lowest BCUT2D eigenvalue weighted by Gasteiger charge is -2.06. The fraction of sp³-hybridized carbons (Fsp3) is 0.133. The topological polar surface area (TPSA) is 60.2 Å². The molecule has 4 nitrogen and oxygen atoms in total. The minimum absolute atomic E-state index is 0.0825. The van der Waals surface area contributed by atoms with Gasteiger partial charge in [0, 0.05) is 30.2 Å². The van der Waals surface area contributed by atoms with E-state index in [0.717, 1.165) is 6.07 Å². The number of nitro groups is 1. The van der Waals surface area contributed by atoms with Crippen LogP contribution in [-0.4, -0.2) is 10.7 Å². The van der Waals surface area contributed by atoms with E-state index in [1.165, 1.54) is 24.3 Å². The molecule has 21 heavy (non-hydrogen) atoms. The number of benzene rings is 2. The molecule has 0 atom stereocenters. The number of halogens is 2. The molecule has 2 aromatic carbocycles. The Morgan fingerprint density at radius 3 is 2.48 bits per heavy atom. The van der Waals surface area contributed by atoms with Crippen molar-refractivity contribution in [2.24, 2.45) is 0 Å². The Morgan fingerprint density at radius 1 is 1.19 bits per heavy atom. The van der Waals surface area contributed by atoms with Crippen molar-refractivity contribution in [3.8, 4) is 0 Å². The summed E-state index contributed by atoms with van der Waals surface area (Å²) >= 11 is 0. The molecule has 0 N–H and O–H groups in total. The Labute approximate surface area is 119 Å². The molecular weight excluding hydrogens is 280 g/mol. The van der Waals surface area contributed by atoms with Crippen molar-refractivity contribution < 1.29 is 18.5 Å². The molecule has 2 aromatic rings. The van der Waals surface area contributed by atoms with Crippen LogP contribution in [0, 0.1) is 28.7 Å². The number of non-ortho nitro benzene ring substituents is 1. The number of rotatable bonds is 4. The van der Waals surface area contributed by atoms with Crippen LogP contribution in [0.3, 0.4) is 0 Å². The SMILES string of the molecule is Cc1cc([N+](=O)[O-])ccc1C(=O)Cc1ccc(F)cc1F. The minimum Gasteiger partial charge on any atom is -0.294 e. The number of nitro benzene ring substituents is 1. The molecule has 0 aliphatic carbocycles. The molecule has 6 heteroatoms. The molecular formula is C15H11F2NO3. The molecule has 0 unspecified atom stereocenters. The van der Waals surface area contributed by atoms with Crippen molar-refractivity contribution in [3.05, 3.63) is 74.8 Å². The monoisotopic (exact) mass is 291 g/mol. The summed E-state index contributed by atoms with van der Waals surface area (Å²) in [5.41, 5.74) is 0.692. The van der Waals surface area contributed by atoms with E-state index in [0.29, 0.717) is 11.6 Å². The summed E-state index contributed by atoms with van der Waals surface area (Å²) in [6.07, 6.45) is -0.231. The molecule has 0 amide bonds. The molecule has 0 bridgehead atoms. The van der Waals surface area contributed by atoms with Crippen LogP contribution in [0.15, 0.2) is 36.4 Å². The van der Waals surface area contributed by atoms with E-state index in [1.54, 1.807) is 6.92 Å². The van der Waals surface area contributed by atoms with Crippen LogP contribution in [0.1, 0.15) is 21.5 Å². The zero-order chi connectivity index (χ0) is 15.6. The van der Waals surface area contributed by atoms with Crippen molar-refractivity contribution in [1.29, 1.82) is 0 Å². The molecule has 0 aromatic heterocycles. The van der Waals surface area contributed by atoms with E-state index in [4.69, 9.17) is 0 Å². The van der Waals surface area contributed by atoms with Gasteiger partial charge < -0.3 is 0 Å². The number of hydrogen-bond acceptors (Lipinski definition) is 3. The van der Waals surface area contributed by atoms with Crippen LogP contribution < -0.4 is 0 Å². The van der Waals surface area contributed by atoms with Crippen LogP contribution in [0.25, 0.3) is 0 Å². The number of carbonyl (C=O) groups is 1. The van der Waals surface area contributed by atoms with Crippen molar-refractivity contribution >= 4 is 11.5 Å². The smallest absolute Gasteiger partial charge is 0.269 e. The van der Waals surface area contributed by atoms with E-state index < -0.39 is 16.6 Å². The Balaban J connectivity index is 2.26. The summed E-state index contributed by atoms with van der Waals surface area (Å²) in [7, 11) is 0. The van der Waals surface area contributed by atoms with Crippen molar-refractivity contribution in [3.63, 3.8) is 0 Å². The number of carbonyl (C=O) groups excluding carboxylic acids is 1. The van der Waals surface area contributed by atoms with Crippen LogP contribution in [0.4, 0.5) is 14.5 Å². The number of aryl methyl sites for hydroxylation is 1. The highest BCUT2D eigenvalue weighted by Crippen LogP contribution is 2.20. The highest BCUT2D eigenvalue weighted by Gasteiger charge is 2.15. The first-order valence-electron chi connectivity index (χ1n) is 6.10. The average Bonchev–Trinajstić information content (AvgIpc) is 2.41. The van der Waals surface area contributed by atoms with E-state index in [1.807, 2.05) is 0 Å². The average molecular weight is 291 g/mol. The summed E-state index contributed by atoms with van der Waals surface area (Å²) in [6, 6.07) is 6.86. The molecule has 0 aliphatic rings. The van der Waals surface area contributed by atoms with E-state index in [-0.39, 0.29) is 29.0 Å². The molecule has 0 heterocycles. The summed E-state index contributed by atoms with van der Waals surface area (Å²) in [5.74, 6) is -1.88. The Bertz CT molecular complexity index is 729. The van der Waals surface area contributed by atoms with Gasteiger partial charge in [-0.25, -0.2) is 8.78 Å². The summed E-state index contributed by atoms with van der Waals surface area (Å²) < 4.78 is 26.3. The summed E-state index contributed by atoms with van der Waals surface area (Å²) in [5, 5.41) is 10.6. The second-order valence-electron chi connectivity index (χ2n) is 4.59. The van der Waals surface area contributed by atoms with Gasteiger partial charge in [-0.3, -0.25) is 14.9 Å². The molecule has 0 spiro atoms. The predicted molar refractivity (Wildman–Crippen MR) is 72.2 cm³/mol. The fourth-order valence-corrected chi connectivity index (χ4v) is 2.01. The van der Waals surface area contributed by atoms with Crippen LogP contribution in [0.5, 0.6) is 0 Å². The lowest BCUT2D eigenvalue weighted by molar-refractivity contribution is -0.384. The van der Waals surface area contributed by atoms with Crippen LogP contribution >= 0.6 is 0 Å². The Hall–Kier alpha value is -2.63. The second kappa shape index (κ2) is 5.78. The lowest BCUT2D eigenvalue weighted by Crippen LogP contribution is -2.07.